The van der Waals surface area contributed by atoms with Gasteiger partial charge in [0.05, 0.1) is 29.7 Å². The molecule has 3 aromatic rings. The summed E-state index contributed by atoms with van der Waals surface area (Å²) in [5.74, 6) is -1.17. The van der Waals surface area contributed by atoms with Crippen LogP contribution >= 0.6 is 0 Å². The zero-order chi connectivity index (χ0) is 26.4. The highest BCUT2D eigenvalue weighted by Crippen LogP contribution is 2.47. The Hall–Kier alpha value is -4.37. The van der Waals surface area contributed by atoms with Crippen LogP contribution in [0.2, 0.25) is 0 Å². The van der Waals surface area contributed by atoms with Gasteiger partial charge in [-0.1, -0.05) is 42.5 Å². The summed E-state index contributed by atoms with van der Waals surface area (Å²) in [6.07, 6.45) is -0.389. The van der Waals surface area contributed by atoms with E-state index in [1.807, 2.05) is 89.2 Å². The molecule has 37 heavy (non-hydrogen) atoms. The molecule has 1 aliphatic heterocycles. The van der Waals surface area contributed by atoms with Crippen LogP contribution in [0.5, 0.6) is 0 Å². The smallest absolute Gasteiger partial charge is 0.337 e. The molecule has 0 bridgehead atoms. The van der Waals surface area contributed by atoms with Gasteiger partial charge in [-0.3, -0.25) is 4.79 Å². The molecule has 0 saturated carbocycles. The number of carbonyl (C=O) groups excluding carboxylic acids is 2. The molecule has 6 heteroatoms. The van der Waals surface area contributed by atoms with Gasteiger partial charge in [0.25, 0.3) is 0 Å². The number of ketones is 1. The minimum Gasteiger partial charge on any atom is -0.457 e. The summed E-state index contributed by atoms with van der Waals surface area (Å²) in [5.41, 5.74) is 7.92. The molecule has 1 aliphatic carbocycles. The van der Waals surface area contributed by atoms with Crippen LogP contribution < -0.4 is 5.32 Å². The second-order valence-corrected chi connectivity index (χ2v) is 9.83. The molecular formula is C31H29N3O3. The first-order valence-corrected chi connectivity index (χ1v) is 12.4. The molecule has 186 valence electrons. The number of allylic oxidation sites excluding steroid dienone is 3. The normalized spacial score (nSPS) is 17.2. The second kappa shape index (κ2) is 9.25. The Morgan fingerprint density at radius 2 is 1.62 bits per heavy atom. The van der Waals surface area contributed by atoms with Gasteiger partial charge in [0, 0.05) is 33.9 Å². The minimum atomic E-state index is -0.657. The summed E-state index contributed by atoms with van der Waals surface area (Å²) in [6, 6.07) is 19.4. The summed E-state index contributed by atoms with van der Waals surface area (Å²) in [7, 11) is 0. The number of hydrogen-bond donors (Lipinski definition) is 1. The number of benzene rings is 2. The molecule has 1 N–H and O–H groups in total. The van der Waals surface area contributed by atoms with E-state index in [1.165, 1.54) is 0 Å². The van der Waals surface area contributed by atoms with Gasteiger partial charge in [0.2, 0.25) is 0 Å². The molecule has 0 radical (unpaired) electrons. The molecule has 0 spiro atoms. The standard InChI is InChI=1S/C31H29N3O3/c1-17-13-14-18(2)34(17)16-19(3)37-31(36)27-21(5)33-20(4)26(15-32)29(27)24-11-8-12-25-28(24)22-9-6-7-10-23(22)30(25)35/h6-14,19,29,33H,16H2,1-5H3. The summed E-state index contributed by atoms with van der Waals surface area (Å²) >= 11 is 0. The average molecular weight is 492 g/mol. The molecule has 2 atom stereocenters. The Morgan fingerprint density at radius 1 is 0.973 bits per heavy atom. The zero-order valence-electron chi connectivity index (χ0n) is 21.7. The van der Waals surface area contributed by atoms with Crippen LogP contribution in [0.15, 0.2) is 77.1 Å². The zero-order valence-corrected chi connectivity index (χ0v) is 21.7. The maximum atomic E-state index is 13.8. The topological polar surface area (TPSA) is 84.1 Å². The number of aryl methyl sites for hydroxylation is 2. The fraction of sp³-hybridized carbons (Fsp3) is 0.258. The van der Waals surface area contributed by atoms with Crippen LogP contribution in [0.25, 0.3) is 11.1 Å². The number of carbonyl (C=O) groups is 2. The number of dihydropyridines is 1. The number of aromatic nitrogens is 1. The van der Waals surface area contributed by atoms with Gasteiger partial charge < -0.3 is 14.6 Å². The summed E-state index contributed by atoms with van der Waals surface area (Å²) < 4.78 is 8.09. The number of nitrogens with one attached hydrogen (secondary N) is 1. The van der Waals surface area contributed by atoms with Crippen molar-refractivity contribution in [1.29, 1.82) is 5.26 Å². The van der Waals surface area contributed by atoms with E-state index in [2.05, 4.69) is 16.0 Å². The van der Waals surface area contributed by atoms with Crippen molar-refractivity contribution in [2.24, 2.45) is 0 Å². The van der Waals surface area contributed by atoms with Crippen molar-refractivity contribution in [1.82, 2.24) is 9.88 Å². The van der Waals surface area contributed by atoms with Crippen molar-refractivity contribution in [3.63, 3.8) is 0 Å². The molecule has 0 amide bonds. The molecule has 2 heterocycles. The van der Waals surface area contributed by atoms with Gasteiger partial charge in [0.15, 0.2) is 5.78 Å². The largest absolute Gasteiger partial charge is 0.457 e. The Kier molecular flexibility index (Phi) is 6.08. The summed E-state index contributed by atoms with van der Waals surface area (Å²) in [4.78, 5) is 26.9. The highest BCUT2D eigenvalue weighted by Gasteiger charge is 2.39. The average Bonchev–Trinajstić information content (AvgIpc) is 3.34. The molecule has 0 saturated heterocycles. The first-order valence-electron chi connectivity index (χ1n) is 12.4. The van der Waals surface area contributed by atoms with Gasteiger partial charge >= 0.3 is 5.97 Å². The van der Waals surface area contributed by atoms with E-state index < -0.39 is 11.9 Å². The van der Waals surface area contributed by atoms with E-state index in [1.54, 1.807) is 0 Å². The molecular weight excluding hydrogens is 462 g/mol. The van der Waals surface area contributed by atoms with Crippen LogP contribution in [-0.4, -0.2) is 22.4 Å². The van der Waals surface area contributed by atoms with Crippen molar-refractivity contribution < 1.29 is 14.3 Å². The number of esters is 1. The first-order chi connectivity index (χ1) is 17.7. The van der Waals surface area contributed by atoms with Crippen molar-refractivity contribution in [2.45, 2.75) is 53.2 Å². The number of hydrogen-bond acceptors (Lipinski definition) is 5. The van der Waals surface area contributed by atoms with Crippen molar-refractivity contribution in [2.75, 3.05) is 0 Å². The van der Waals surface area contributed by atoms with Gasteiger partial charge in [-0.05, 0) is 63.4 Å². The first kappa shape index (κ1) is 24.3. The Labute approximate surface area is 216 Å². The van der Waals surface area contributed by atoms with E-state index in [0.29, 0.717) is 40.2 Å². The highest BCUT2D eigenvalue weighted by atomic mass is 16.5. The van der Waals surface area contributed by atoms with Gasteiger partial charge in [0.1, 0.15) is 6.10 Å². The van der Waals surface area contributed by atoms with Crippen LogP contribution in [0, 0.1) is 25.2 Å². The lowest BCUT2D eigenvalue weighted by Crippen LogP contribution is -2.31. The fourth-order valence-electron chi connectivity index (χ4n) is 5.60. The van der Waals surface area contributed by atoms with E-state index in [9.17, 15) is 14.9 Å². The van der Waals surface area contributed by atoms with Crippen molar-refractivity contribution >= 4 is 11.8 Å². The highest BCUT2D eigenvalue weighted by molar-refractivity contribution is 6.22. The van der Waals surface area contributed by atoms with Gasteiger partial charge in [-0.2, -0.15) is 5.26 Å². The summed E-state index contributed by atoms with van der Waals surface area (Å²) in [6.45, 7) is 10.1. The molecule has 6 nitrogen and oxygen atoms in total. The maximum Gasteiger partial charge on any atom is 0.337 e. The lowest BCUT2D eigenvalue weighted by atomic mass is 9.78. The van der Waals surface area contributed by atoms with Gasteiger partial charge in [-0.25, -0.2) is 4.79 Å². The lowest BCUT2D eigenvalue weighted by molar-refractivity contribution is -0.144. The van der Waals surface area contributed by atoms with E-state index >= 15 is 0 Å². The second-order valence-electron chi connectivity index (χ2n) is 9.83. The Balaban J connectivity index is 1.58. The minimum absolute atomic E-state index is 0.0449. The molecule has 1 aromatic heterocycles. The SMILES string of the molecule is CC1=C(C#N)C(c2cccc3c2-c2ccccc2C3=O)C(C(=O)OC(C)Cn2c(C)ccc2C)=C(C)N1. The molecule has 2 unspecified atom stereocenters. The lowest BCUT2D eigenvalue weighted by Gasteiger charge is -2.30. The number of rotatable bonds is 5. The number of nitrogens with zero attached hydrogens (tertiary/aromatic N) is 2. The van der Waals surface area contributed by atoms with Crippen molar-refractivity contribution in [3.05, 3.63) is 105 Å². The third kappa shape index (κ3) is 3.97. The molecule has 2 aromatic carbocycles. The molecule has 5 rings (SSSR count). The monoisotopic (exact) mass is 491 g/mol. The third-order valence-electron chi connectivity index (χ3n) is 7.36. The maximum absolute atomic E-state index is 13.8. The van der Waals surface area contributed by atoms with Crippen LogP contribution in [0.1, 0.15) is 59.6 Å². The van der Waals surface area contributed by atoms with E-state index in [4.69, 9.17) is 4.74 Å². The van der Waals surface area contributed by atoms with Crippen molar-refractivity contribution in [3.8, 4) is 17.2 Å². The van der Waals surface area contributed by atoms with E-state index in [0.717, 1.165) is 28.1 Å². The third-order valence-corrected chi connectivity index (χ3v) is 7.36. The van der Waals surface area contributed by atoms with Gasteiger partial charge in [-0.15, -0.1) is 0 Å². The predicted octanol–water partition coefficient (Wildman–Crippen LogP) is 5.71. The number of ether oxygens (including phenoxy) is 1. The quantitative estimate of drug-likeness (QED) is 0.362. The number of nitriles is 1. The van der Waals surface area contributed by atoms with E-state index in [-0.39, 0.29) is 11.9 Å². The van der Waals surface area contributed by atoms with Crippen LogP contribution in [0.3, 0.4) is 0 Å². The van der Waals surface area contributed by atoms with Crippen LogP contribution in [-0.2, 0) is 16.1 Å². The fourth-order valence-corrected chi connectivity index (χ4v) is 5.60. The summed E-state index contributed by atoms with van der Waals surface area (Å²) in [5, 5.41) is 13.4. The molecule has 0 fully saturated rings. The Morgan fingerprint density at radius 3 is 2.30 bits per heavy atom. The predicted molar refractivity (Wildman–Crippen MR) is 142 cm³/mol. The molecule has 2 aliphatic rings. The number of fused-ring (bicyclic) bond motifs is 3. The van der Waals surface area contributed by atoms with Crippen LogP contribution in [0.4, 0.5) is 0 Å². The Bertz CT molecular complexity index is 1540.